The Morgan fingerprint density at radius 3 is 2.12 bits per heavy atom. The summed E-state index contributed by atoms with van der Waals surface area (Å²) in [7, 11) is 0. The van der Waals surface area contributed by atoms with Gasteiger partial charge < -0.3 is 20.9 Å². The Kier molecular flexibility index (Phi) is 6.63. The number of hydrogen-bond donors (Lipinski definition) is 3. The molecule has 1 heterocycles. The summed E-state index contributed by atoms with van der Waals surface area (Å²) >= 11 is 0. The maximum absolute atomic E-state index is 12.9. The topological polar surface area (TPSA) is 73.5 Å². The number of anilines is 4. The van der Waals surface area contributed by atoms with Gasteiger partial charge >= 0.3 is 6.03 Å². The normalized spacial score (nSPS) is 13.0. The van der Waals surface area contributed by atoms with Crippen molar-refractivity contribution in [3.05, 3.63) is 82.9 Å². The Bertz CT molecular complexity index is 1170. The lowest BCUT2D eigenvalue weighted by molar-refractivity contribution is 0.102. The third kappa shape index (κ3) is 5.52. The molecule has 3 N–H and O–H groups in total. The van der Waals surface area contributed by atoms with E-state index in [1.807, 2.05) is 69.3 Å². The van der Waals surface area contributed by atoms with Gasteiger partial charge in [0.1, 0.15) is 0 Å². The van der Waals surface area contributed by atoms with E-state index in [0.29, 0.717) is 16.9 Å². The lowest BCUT2D eigenvalue weighted by Crippen LogP contribution is -2.24. The van der Waals surface area contributed by atoms with Crippen LogP contribution in [0.25, 0.3) is 0 Å². The quantitative estimate of drug-likeness (QED) is 0.446. The van der Waals surface area contributed by atoms with Crippen molar-refractivity contribution in [2.24, 2.45) is 0 Å². The number of amides is 3. The Hall–Kier alpha value is -3.80. The van der Waals surface area contributed by atoms with E-state index < -0.39 is 0 Å². The Morgan fingerprint density at radius 1 is 0.727 bits per heavy atom. The van der Waals surface area contributed by atoms with Crippen molar-refractivity contribution in [3.63, 3.8) is 0 Å². The zero-order valence-corrected chi connectivity index (χ0v) is 19.4. The summed E-state index contributed by atoms with van der Waals surface area (Å²) in [4.78, 5) is 27.8. The predicted molar refractivity (Wildman–Crippen MR) is 136 cm³/mol. The molecular formula is C27H30N4O2. The van der Waals surface area contributed by atoms with Gasteiger partial charge in [-0.15, -0.1) is 0 Å². The summed E-state index contributed by atoms with van der Waals surface area (Å²) in [6, 6.07) is 18.7. The van der Waals surface area contributed by atoms with Crippen LogP contribution in [0.4, 0.5) is 27.5 Å². The highest BCUT2D eigenvalue weighted by Crippen LogP contribution is 2.32. The molecule has 0 aromatic heterocycles. The van der Waals surface area contributed by atoms with E-state index in [4.69, 9.17) is 0 Å². The number of hydrogen-bond acceptors (Lipinski definition) is 3. The van der Waals surface area contributed by atoms with Crippen LogP contribution >= 0.6 is 0 Å². The minimum Gasteiger partial charge on any atom is -0.370 e. The largest absolute Gasteiger partial charge is 0.370 e. The van der Waals surface area contributed by atoms with Crippen LogP contribution < -0.4 is 20.9 Å². The summed E-state index contributed by atoms with van der Waals surface area (Å²) in [5, 5.41) is 8.90. The Morgan fingerprint density at radius 2 is 1.39 bits per heavy atom. The van der Waals surface area contributed by atoms with E-state index in [-0.39, 0.29) is 11.9 Å². The van der Waals surface area contributed by atoms with Gasteiger partial charge in [-0.05, 0) is 81.1 Å². The second kappa shape index (κ2) is 9.77. The van der Waals surface area contributed by atoms with Gasteiger partial charge in [0.25, 0.3) is 5.91 Å². The van der Waals surface area contributed by atoms with Crippen molar-refractivity contribution in [1.29, 1.82) is 0 Å². The molecule has 0 aliphatic carbocycles. The fourth-order valence-corrected chi connectivity index (χ4v) is 4.00. The van der Waals surface area contributed by atoms with Gasteiger partial charge in [0.05, 0.1) is 11.4 Å². The molecule has 6 nitrogen and oxygen atoms in total. The minimum atomic E-state index is -0.314. The first kappa shape index (κ1) is 22.4. The Labute approximate surface area is 195 Å². The van der Waals surface area contributed by atoms with Gasteiger partial charge in [-0.25, -0.2) is 4.79 Å². The van der Waals surface area contributed by atoms with Gasteiger partial charge in [0.15, 0.2) is 0 Å². The maximum atomic E-state index is 12.9. The zero-order chi connectivity index (χ0) is 23.4. The molecule has 1 aliphatic rings. The van der Waals surface area contributed by atoms with Gasteiger partial charge in [0, 0.05) is 30.0 Å². The molecule has 1 aliphatic heterocycles. The lowest BCUT2D eigenvalue weighted by Gasteiger charge is -2.23. The van der Waals surface area contributed by atoms with Gasteiger partial charge in [0.2, 0.25) is 0 Å². The first-order valence-electron chi connectivity index (χ1n) is 11.3. The summed E-state index contributed by atoms with van der Waals surface area (Å²) in [5.74, 6) is -0.185. The number of urea groups is 1. The molecular weight excluding hydrogens is 412 g/mol. The molecule has 0 spiro atoms. The third-order valence-corrected chi connectivity index (χ3v) is 5.90. The molecule has 1 saturated heterocycles. The molecule has 33 heavy (non-hydrogen) atoms. The molecule has 6 heteroatoms. The minimum absolute atomic E-state index is 0.185. The second-order valence-electron chi connectivity index (χ2n) is 8.64. The summed E-state index contributed by atoms with van der Waals surface area (Å²) < 4.78 is 0. The second-order valence-corrected chi connectivity index (χ2v) is 8.64. The SMILES string of the molecule is Cc1ccc(C(=O)Nc2ccc(N3CCCC3)c(NC(=O)Nc3cc(C)ccc3C)c2)cc1. The molecule has 0 radical (unpaired) electrons. The standard InChI is InChI=1S/C27H30N4O2/c1-18-7-10-21(11-8-18)26(32)28-22-12-13-25(31-14-4-5-15-31)24(17-22)30-27(33)29-23-16-19(2)6-9-20(23)3/h6-13,16-17H,4-5,14-15H2,1-3H3,(H,28,32)(H2,29,30,33). The molecule has 170 valence electrons. The van der Waals surface area contributed by atoms with Crippen LogP contribution in [-0.2, 0) is 0 Å². The number of benzene rings is 3. The van der Waals surface area contributed by atoms with E-state index in [0.717, 1.165) is 54.0 Å². The van der Waals surface area contributed by atoms with Crippen molar-refractivity contribution in [3.8, 4) is 0 Å². The van der Waals surface area contributed by atoms with Gasteiger partial charge in [-0.3, -0.25) is 4.79 Å². The molecule has 0 atom stereocenters. The van der Waals surface area contributed by atoms with Crippen molar-refractivity contribution in [2.45, 2.75) is 33.6 Å². The van der Waals surface area contributed by atoms with Crippen LogP contribution in [0.3, 0.4) is 0 Å². The number of aryl methyl sites for hydroxylation is 3. The smallest absolute Gasteiger partial charge is 0.323 e. The van der Waals surface area contributed by atoms with E-state index in [2.05, 4.69) is 20.9 Å². The highest BCUT2D eigenvalue weighted by atomic mass is 16.2. The number of carbonyl (C=O) groups excluding carboxylic acids is 2. The van der Waals surface area contributed by atoms with E-state index in [9.17, 15) is 9.59 Å². The molecule has 1 fully saturated rings. The zero-order valence-electron chi connectivity index (χ0n) is 19.4. The molecule has 3 aromatic rings. The fourth-order valence-electron chi connectivity index (χ4n) is 4.00. The third-order valence-electron chi connectivity index (χ3n) is 5.90. The lowest BCUT2D eigenvalue weighted by atomic mass is 10.1. The number of nitrogens with zero attached hydrogens (tertiary/aromatic N) is 1. The molecule has 0 unspecified atom stereocenters. The molecule has 4 rings (SSSR count). The van der Waals surface area contributed by atoms with E-state index in [1.165, 1.54) is 0 Å². The molecule has 0 saturated carbocycles. The van der Waals surface area contributed by atoms with Crippen LogP contribution in [0.2, 0.25) is 0 Å². The van der Waals surface area contributed by atoms with Crippen LogP contribution in [0, 0.1) is 20.8 Å². The molecule has 3 aromatic carbocycles. The highest BCUT2D eigenvalue weighted by molar-refractivity contribution is 6.06. The summed E-state index contributed by atoms with van der Waals surface area (Å²) in [6.45, 7) is 7.84. The van der Waals surface area contributed by atoms with E-state index >= 15 is 0 Å². The number of carbonyl (C=O) groups is 2. The molecule has 3 amide bonds. The Balaban J connectivity index is 1.56. The maximum Gasteiger partial charge on any atom is 0.323 e. The van der Waals surface area contributed by atoms with Crippen molar-refractivity contribution < 1.29 is 9.59 Å². The number of rotatable bonds is 5. The van der Waals surface area contributed by atoms with Crippen molar-refractivity contribution in [1.82, 2.24) is 0 Å². The summed E-state index contributed by atoms with van der Waals surface area (Å²) in [5.41, 5.74) is 6.79. The molecule has 0 bridgehead atoms. The van der Waals surface area contributed by atoms with Crippen molar-refractivity contribution >= 4 is 34.7 Å². The number of nitrogens with one attached hydrogen (secondary N) is 3. The van der Waals surface area contributed by atoms with Crippen molar-refractivity contribution in [2.75, 3.05) is 33.9 Å². The van der Waals surface area contributed by atoms with Crippen LogP contribution in [0.5, 0.6) is 0 Å². The van der Waals surface area contributed by atoms with Gasteiger partial charge in [-0.2, -0.15) is 0 Å². The van der Waals surface area contributed by atoms with Crippen LogP contribution in [0.1, 0.15) is 39.9 Å². The average Bonchev–Trinajstić information content (AvgIpc) is 3.31. The van der Waals surface area contributed by atoms with Crippen LogP contribution in [-0.4, -0.2) is 25.0 Å². The van der Waals surface area contributed by atoms with Crippen LogP contribution in [0.15, 0.2) is 60.7 Å². The first-order valence-corrected chi connectivity index (χ1v) is 11.3. The fraction of sp³-hybridized carbons (Fsp3) is 0.259. The monoisotopic (exact) mass is 442 g/mol. The predicted octanol–water partition coefficient (Wildman–Crippen LogP) is 6.11. The first-order chi connectivity index (χ1) is 15.9. The average molecular weight is 443 g/mol. The van der Waals surface area contributed by atoms with Gasteiger partial charge in [-0.1, -0.05) is 29.8 Å². The summed E-state index contributed by atoms with van der Waals surface area (Å²) in [6.07, 6.45) is 2.25. The van der Waals surface area contributed by atoms with E-state index in [1.54, 1.807) is 12.1 Å². The highest BCUT2D eigenvalue weighted by Gasteiger charge is 2.18.